The van der Waals surface area contributed by atoms with Crippen LogP contribution in [-0.2, 0) is 0 Å². The molecule has 112 valence electrons. The highest BCUT2D eigenvalue weighted by molar-refractivity contribution is 9.10. The molecule has 0 heterocycles. The van der Waals surface area contributed by atoms with Gasteiger partial charge in [-0.2, -0.15) is 0 Å². The number of hydrogen-bond donors (Lipinski definition) is 1. The lowest BCUT2D eigenvalue weighted by Crippen LogP contribution is -2.37. The van der Waals surface area contributed by atoms with Crippen LogP contribution in [0.1, 0.15) is 58.1 Å². The first-order valence-electron chi connectivity index (χ1n) is 7.58. The van der Waals surface area contributed by atoms with E-state index in [2.05, 4.69) is 59.9 Å². The van der Waals surface area contributed by atoms with E-state index in [0.29, 0.717) is 11.5 Å². The molecule has 2 N–H and O–H groups in total. The molecule has 1 fully saturated rings. The van der Waals surface area contributed by atoms with Gasteiger partial charge in [-0.25, -0.2) is 0 Å². The summed E-state index contributed by atoms with van der Waals surface area (Å²) in [6, 6.07) is 7.28. The Kier molecular flexibility index (Phi) is 4.80. The highest BCUT2D eigenvalue weighted by atomic mass is 79.9. The molecule has 20 heavy (non-hydrogen) atoms. The van der Waals surface area contributed by atoms with Gasteiger partial charge in [0.15, 0.2) is 0 Å². The molecule has 2 rings (SSSR count). The summed E-state index contributed by atoms with van der Waals surface area (Å²) in [4.78, 5) is 2.44. The van der Waals surface area contributed by atoms with E-state index in [1.54, 1.807) is 0 Å². The normalized spacial score (nSPS) is 20.7. The largest absolute Gasteiger partial charge is 0.372 e. The van der Waals surface area contributed by atoms with Crippen molar-refractivity contribution in [1.29, 1.82) is 0 Å². The van der Waals surface area contributed by atoms with Crippen LogP contribution in [0.4, 0.5) is 5.69 Å². The SMILES string of the molecule is C[C@@H](N)c1ccc(N(C)C2CCC(C)(C)CC2)cc1Br. The number of anilines is 1. The van der Waals surface area contributed by atoms with Crippen molar-refractivity contribution in [3.05, 3.63) is 28.2 Å². The molecule has 0 aliphatic heterocycles. The Bertz CT molecular complexity index is 458. The summed E-state index contributed by atoms with van der Waals surface area (Å²) >= 11 is 3.65. The minimum Gasteiger partial charge on any atom is -0.372 e. The second-order valence-corrected chi connectivity index (χ2v) is 7.86. The van der Waals surface area contributed by atoms with Crippen LogP contribution in [0.25, 0.3) is 0 Å². The Morgan fingerprint density at radius 1 is 1.30 bits per heavy atom. The van der Waals surface area contributed by atoms with Gasteiger partial charge in [-0.05, 0) is 55.7 Å². The predicted molar refractivity (Wildman–Crippen MR) is 91.2 cm³/mol. The Morgan fingerprint density at radius 2 is 1.90 bits per heavy atom. The highest BCUT2D eigenvalue weighted by Gasteiger charge is 2.29. The van der Waals surface area contributed by atoms with Crippen molar-refractivity contribution in [3.8, 4) is 0 Å². The molecule has 1 aromatic carbocycles. The lowest BCUT2D eigenvalue weighted by molar-refractivity contribution is 0.222. The summed E-state index contributed by atoms with van der Waals surface area (Å²) in [5, 5.41) is 0. The van der Waals surface area contributed by atoms with Crippen LogP contribution in [0.15, 0.2) is 22.7 Å². The van der Waals surface area contributed by atoms with Gasteiger partial charge in [-0.15, -0.1) is 0 Å². The van der Waals surface area contributed by atoms with Gasteiger partial charge >= 0.3 is 0 Å². The number of nitrogens with two attached hydrogens (primary N) is 1. The first kappa shape index (κ1) is 15.8. The van der Waals surface area contributed by atoms with Crippen molar-refractivity contribution >= 4 is 21.6 Å². The lowest BCUT2D eigenvalue weighted by atomic mass is 9.75. The van der Waals surface area contributed by atoms with Crippen LogP contribution >= 0.6 is 15.9 Å². The fourth-order valence-electron chi connectivity index (χ4n) is 3.09. The van der Waals surface area contributed by atoms with Gasteiger partial charge in [0.2, 0.25) is 0 Å². The van der Waals surface area contributed by atoms with E-state index in [1.165, 1.54) is 36.9 Å². The third-order valence-electron chi connectivity index (χ3n) is 4.74. The van der Waals surface area contributed by atoms with Crippen LogP contribution in [0.5, 0.6) is 0 Å². The zero-order valence-electron chi connectivity index (χ0n) is 13.1. The minimum atomic E-state index is 0.0687. The topological polar surface area (TPSA) is 29.3 Å². The first-order valence-corrected chi connectivity index (χ1v) is 8.37. The summed E-state index contributed by atoms with van der Waals surface area (Å²) in [6.45, 7) is 6.79. The smallest absolute Gasteiger partial charge is 0.0377 e. The third kappa shape index (κ3) is 3.56. The molecule has 1 aliphatic carbocycles. The number of rotatable bonds is 3. The number of benzene rings is 1. The van der Waals surface area contributed by atoms with Gasteiger partial charge < -0.3 is 10.6 Å². The molecular weight excluding hydrogens is 312 g/mol. The average molecular weight is 339 g/mol. The summed E-state index contributed by atoms with van der Waals surface area (Å²) < 4.78 is 1.12. The monoisotopic (exact) mass is 338 g/mol. The van der Waals surface area contributed by atoms with Gasteiger partial charge in [0, 0.05) is 29.3 Å². The molecule has 0 saturated heterocycles. The number of halogens is 1. The average Bonchev–Trinajstić information content (AvgIpc) is 2.37. The molecule has 0 spiro atoms. The Hall–Kier alpha value is -0.540. The molecule has 0 amide bonds. The maximum atomic E-state index is 5.97. The predicted octanol–water partition coefficient (Wildman–Crippen LogP) is 4.87. The molecule has 1 atom stereocenters. The van der Waals surface area contributed by atoms with Crippen molar-refractivity contribution in [3.63, 3.8) is 0 Å². The second-order valence-electron chi connectivity index (χ2n) is 7.00. The summed E-state index contributed by atoms with van der Waals surface area (Å²) in [7, 11) is 2.22. The van der Waals surface area contributed by atoms with Crippen molar-refractivity contribution < 1.29 is 0 Å². The third-order valence-corrected chi connectivity index (χ3v) is 5.43. The highest BCUT2D eigenvalue weighted by Crippen LogP contribution is 2.38. The summed E-state index contributed by atoms with van der Waals surface area (Å²) in [6.07, 6.45) is 5.22. The van der Waals surface area contributed by atoms with Crippen LogP contribution in [0.2, 0.25) is 0 Å². The van der Waals surface area contributed by atoms with Gasteiger partial charge in [-0.3, -0.25) is 0 Å². The summed E-state index contributed by atoms with van der Waals surface area (Å²) in [5.41, 5.74) is 8.95. The molecule has 1 aromatic rings. The number of hydrogen-bond acceptors (Lipinski definition) is 2. The molecule has 0 bridgehead atoms. The van der Waals surface area contributed by atoms with Crippen LogP contribution < -0.4 is 10.6 Å². The zero-order chi connectivity index (χ0) is 14.9. The van der Waals surface area contributed by atoms with Crippen molar-refractivity contribution in [1.82, 2.24) is 0 Å². The van der Waals surface area contributed by atoms with Gasteiger partial charge in [-0.1, -0.05) is 35.8 Å². The van der Waals surface area contributed by atoms with Crippen molar-refractivity contribution in [2.24, 2.45) is 11.1 Å². The lowest BCUT2D eigenvalue weighted by Gasteiger charge is -2.39. The molecule has 1 aliphatic rings. The second kappa shape index (κ2) is 6.07. The Labute approximate surface area is 131 Å². The molecule has 0 unspecified atom stereocenters. The van der Waals surface area contributed by atoms with Crippen LogP contribution in [0.3, 0.4) is 0 Å². The van der Waals surface area contributed by atoms with Crippen molar-refractivity contribution in [2.45, 2.75) is 58.5 Å². The fraction of sp³-hybridized carbons (Fsp3) is 0.647. The molecular formula is C17H27BrN2. The Balaban J connectivity index is 2.10. The van der Waals surface area contributed by atoms with Crippen molar-refractivity contribution in [2.75, 3.05) is 11.9 Å². The minimum absolute atomic E-state index is 0.0687. The quantitative estimate of drug-likeness (QED) is 0.851. The van der Waals surface area contributed by atoms with Crippen LogP contribution in [0, 0.1) is 5.41 Å². The van der Waals surface area contributed by atoms with E-state index >= 15 is 0 Å². The first-order chi connectivity index (χ1) is 9.30. The molecule has 2 nitrogen and oxygen atoms in total. The maximum Gasteiger partial charge on any atom is 0.0377 e. The molecule has 1 saturated carbocycles. The molecule has 3 heteroatoms. The van der Waals surface area contributed by atoms with Gasteiger partial charge in [0.25, 0.3) is 0 Å². The van der Waals surface area contributed by atoms with E-state index < -0.39 is 0 Å². The Morgan fingerprint density at radius 3 is 2.40 bits per heavy atom. The van der Waals surface area contributed by atoms with E-state index in [4.69, 9.17) is 5.73 Å². The molecule has 0 aromatic heterocycles. The van der Waals surface area contributed by atoms with Crippen LogP contribution in [-0.4, -0.2) is 13.1 Å². The van der Waals surface area contributed by atoms with Gasteiger partial charge in [0.05, 0.1) is 0 Å². The summed E-state index contributed by atoms with van der Waals surface area (Å²) in [5.74, 6) is 0. The zero-order valence-corrected chi connectivity index (χ0v) is 14.7. The van der Waals surface area contributed by atoms with Gasteiger partial charge in [0.1, 0.15) is 0 Å². The van der Waals surface area contributed by atoms with E-state index in [9.17, 15) is 0 Å². The molecule has 0 radical (unpaired) electrons. The fourth-order valence-corrected chi connectivity index (χ4v) is 3.81. The number of nitrogens with zero attached hydrogens (tertiary/aromatic N) is 1. The van der Waals surface area contributed by atoms with E-state index in [-0.39, 0.29) is 6.04 Å². The van der Waals surface area contributed by atoms with E-state index in [0.717, 1.165) is 4.47 Å². The maximum absolute atomic E-state index is 5.97. The standard InChI is InChI=1S/C17H27BrN2/c1-12(19)15-6-5-14(11-16(15)18)20(4)13-7-9-17(2,3)10-8-13/h5-6,11-13H,7-10,19H2,1-4H3/t12-/m1/s1. The van der Waals surface area contributed by atoms with E-state index in [1.807, 2.05) is 6.92 Å².